The van der Waals surface area contributed by atoms with Crippen LogP contribution in [-0.2, 0) is 14.3 Å². The van der Waals surface area contributed by atoms with Crippen LogP contribution in [0.3, 0.4) is 0 Å². The van der Waals surface area contributed by atoms with Crippen LogP contribution >= 0.6 is 0 Å². The number of rotatable bonds is 14. The van der Waals surface area contributed by atoms with Crippen LogP contribution in [0.4, 0.5) is 4.79 Å². The summed E-state index contributed by atoms with van der Waals surface area (Å²) in [5.74, 6) is -0.0716. The number of nitrogens with zero attached hydrogens (tertiary/aromatic N) is 1. The lowest BCUT2D eigenvalue weighted by atomic mass is 10.4. The standard InChI is InChI=1S/C15H32N4O4/c1-4-6-17-7-9-19(3)10-8-18-15(21)23-13-12-22-11-5-14(20)16-2/h17H,4-13H2,1-3H3,(H,16,20)(H,18,21). The van der Waals surface area contributed by atoms with Crippen molar-refractivity contribution in [3.63, 3.8) is 0 Å². The van der Waals surface area contributed by atoms with Crippen LogP contribution in [0.15, 0.2) is 0 Å². The highest BCUT2D eigenvalue weighted by molar-refractivity contribution is 5.75. The summed E-state index contributed by atoms with van der Waals surface area (Å²) in [5.41, 5.74) is 0. The molecule has 0 saturated heterocycles. The summed E-state index contributed by atoms with van der Waals surface area (Å²) < 4.78 is 10.1. The molecule has 0 heterocycles. The maximum atomic E-state index is 11.4. The lowest BCUT2D eigenvalue weighted by Gasteiger charge is -2.17. The summed E-state index contributed by atoms with van der Waals surface area (Å²) >= 11 is 0. The molecule has 0 unspecified atom stereocenters. The molecule has 0 saturated carbocycles. The van der Waals surface area contributed by atoms with Gasteiger partial charge in [0, 0.05) is 39.6 Å². The Morgan fingerprint density at radius 3 is 2.48 bits per heavy atom. The average Bonchev–Trinajstić information content (AvgIpc) is 2.54. The first-order valence-electron chi connectivity index (χ1n) is 8.18. The Balaban J connectivity index is 3.38. The number of amides is 2. The quantitative estimate of drug-likeness (QED) is 0.382. The van der Waals surface area contributed by atoms with Crippen LogP contribution in [0, 0.1) is 0 Å². The van der Waals surface area contributed by atoms with E-state index >= 15 is 0 Å². The zero-order valence-electron chi connectivity index (χ0n) is 14.7. The Kier molecular flexibility index (Phi) is 14.6. The van der Waals surface area contributed by atoms with E-state index in [0.29, 0.717) is 19.6 Å². The predicted octanol–water partition coefficient (Wildman–Crippen LogP) is -0.203. The number of carbonyl (C=O) groups is 2. The second kappa shape index (κ2) is 15.5. The molecule has 0 radical (unpaired) electrons. The molecule has 0 aromatic rings. The summed E-state index contributed by atoms with van der Waals surface area (Å²) in [6.45, 7) is 7.15. The number of hydrogen-bond donors (Lipinski definition) is 3. The van der Waals surface area contributed by atoms with Gasteiger partial charge in [-0.05, 0) is 20.0 Å². The van der Waals surface area contributed by atoms with Gasteiger partial charge >= 0.3 is 6.09 Å². The Bertz CT molecular complexity index is 316. The second-order valence-corrected chi connectivity index (χ2v) is 5.15. The molecule has 0 aliphatic heterocycles. The fourth-order valence-corrected chi connectivity index (χ4v) is 1.67. The second-order valence-electron chi connectivity index (χ2n) is 5.15. The van der Waals surface area contributed by atoms with Crippen LogP contribution in [0.5, 0.6) is 0 Å². The van der Waals surface area contributed by atoms with Gasteiger partial charge in [-0.25, -0.2) is 4.79 Å². The Hall–Kier alpha value is -1.38. The minimum absolute atomic E-state index is 0.0716. The normalized spacial score (nSPS) is 10.6. The zero-order chi connectivity index (χ0) is 17.3. The van der Waals surface area contributed by atoms with Gasteiger partial charge in [0.2, 0.25) is 5.91 Å². The molecule has 23 heavy (non-hydrogen) atoms. The van der Waals surface area contributed by atoms with Crippen molar-refractivity contribution in [1.29, 1.82) is 0 Å². The molecule has 136 valence electrons. The Morgan fingerprint density at radius 2 is 1.78 bits per heavy atom. The lowest BCUT2D eigenvalue weighted by molar-refractivity contribution is -0.121. The largest absolute Gasteiger partial charge is 0.447 e. The highest BCUT2D eigenvalue weighted by Gasteiger charge is 2.03. The molecule has 0 aliphatic carbocycles. The van der Waals surface area contributed by atoms with Crippen molar-refractivity contribution in [2.24, 2.45) is 0 Å². The van der Waals surface area contributed by atoms with Gasteiger partial charge in [0.05, 0.1) is 13.2 Å². The van der Waals surface area contributed by atoms with E-state index in [2.05, 4.69) is 27.8 Å². The van der Waals surface area contributed by atoms with E-state index < -0.39 is 6.09 Å². The molecule has 0 aromatic carbocycles. The zero-order valence-corrected chi connectivity index (χ0v) is 14.7. The first-order valence-corrected chi connectivity index (χ1v) is 8.18. The molecule has 0 fully saturated rings. The molecule has 0 rings (SSSR count). The number of alkyl carbamates (subject to hydrolysis) is 1. The van der Waals surface area contributed by atoms with Crippen molar-refractivity contribution in [1.82, 2.24) is 20.9 Å². The Morgan fingerprint density at radius 1 is 1.04 bits per heavy atom. The van der Waals surface area contributed by atoms with Crippen LogP contribution in [0.25, 0.3) is 0 Å². The highest BCUT2D eigenvalue weighted by Crippen LogP contribution is 1.85. The minimum atomic E-state index is -0.447. The monoisotopic (exact) mass is 332 g/mol. The van der Waals surface area contributed by atoms with E-state index in [4.69, 9.17) is 9.47 Å². The van der Waals surface area contributed by atoms with Gasteiger partial charge < -0.3 is 30.3 Å². The molecule has 0 bridgehead atoms. The number of nitrogens with one attached hydrogen (secondary N) is 3. The summed E-state index contributed by atoms with van der Waals surface area (Å²) in [7, 11) is 3.59. The molecule has 2 amide bonds. The van der Waals surface area contributed by atoms with Crippen molar-refractivity contribution in [2.75, 3.05) is 66.6 Å². The lowest BCUT2D eigenvalue weighted by Crippen LogP contribution is -2.36. The van der Waals surface area contributed by atoms with Crippen LogP contribution in [0.2, 0.25) is 0 Å². The fraction of sp³-hybridized carbons (Fsp3) is 0.867. The minimum Gasteiger partial charge on any atom is -0.447 e. The van der Waals surface area contributed by atoms with Gasteiger partial charge in [-0.2, -0.15) is 0 Å². The van der Waals surface area contributed by atoms with Gasteiger partial charge in [0.1, 0.15) is 6.61 Å². The Labute approximate surface area is 139 Å². The first-order chi connectivity index (χ1) is 11.1. The third-order valence-corrected chi connectivity index (χ3v) is 3.07. The average molecular weight is 332 g/mol. The molecular formula is C15H32N4O4. The molecule has 0 aromatic heterocycles. The molecule has 3 N–H and O–H groups in total. The van der Waals surface area contributed by atoms with Gasteiger partial charge in [0.25, 0.3) is 0 Å². The number of likely N-dealkylation sites (N-methyl/N-ethyl adjacent to an activating group) is 1. The molecule has 0 atom stereocenters. The molecule has 8 nitrogen and oxygen atoms in total. The number of carbonyl (C=O) groups excluding carboxylic acids is 2. The molecule has 0 spiro atoms. The van der Waals surface area contributed by atoms with Crippen molar-refractivity contribution < 1.29 is 19.1 Å². The molecule has 0 aliphatic rings. The van der Waals surface area contributed by atoms with Gasteiger partial charge in [-0.1, -0.05) is 6.92 Å². The number of hydrogen-bond acceptors (Lipinski definition) is 6. The van der Waals surface area contributed by atoms with E-state index in [1.165, 1.54) is 0 Å². The van der Waals surface area contributed by atoms with Crippen molar-refractivity contribution in [3.05, 3.63) is 0 Å². The van der Waals surface area contributed by atoms with E-state index in [0.717, 1.165) is 32.6 Å². The SMILES string of the molecule is CCCNCCN(C)CCNC(=O)OCCOCCC(=O)NC. The van der Waals surface area contributed by atoms with Gasteiger partial charge in [-0.3, -0.25) is 4.79 Å². The summed E-state index contributed by atoms with van der Waals surface area (Å²) in [4.78, 5) is 24.5. The smallest absolute Gasteiger partial charge is 0.407 e. The van der Waals surface area contributed by atoms with Crippen molar-refractivity contribution in [2.45, 2.75) is 19.8 Å². The summed E-state index contributed by atoms with van der Waals surface area (Å²) in [6.07, 6.45) is 0.992. The van der Waals surface area contributed by atoms with Crippen LogP contribution < -0.4 is 16.0 Å². The van der Waals surface area contributed by atoms with Crippen molar-refractivity contribution >= 4 is 12.0 Å². The highest BCUT2D eigenvalue weighted by atomic mass is 16.6. The maximum absolute atomic E-state index is 11.4. The van der Waals surface area contributed by atoms with Gasteiger partial charge in [-0.15, -0.1) is 0 Å². The summed E-state index contributed by atoms with van der Waals surface area (Å²) in [5, 5.41) is 8.52. The molecular weight excluding hydrogens is 300 g/mol. The van der Waals surface area contributed by atoms with E-state index in [9.17, 15) is 9.59 Å². The van der Waals surface area contributed by atoms with Crippen LogP contribution in [0.1, 0.15) is 19.8 Å². The van der Waals surface area contributed by atoms with E-state index in [1.807, 2.05) is 7.05 Å². The third kappa shape index (κ3) is 15.3. The van der Waals surface area contributed by atoms with Gasteiger partial charge in [0.15, 0.2) is 0 Å². The third-order valence-electron chi connectivity index (χ3n) is 3.07. The van der Waals surface area contributed by atoms with Crippen LogP contribution in [-0.4, -0.2) is 83.5 Å². The van der Waals surface area contributed by atoms with E-state index in [-0.39, 0.29) is 19.1 Å². The van der Waals surface area contributed by atoms with E-state index in [1.54, 1.807) is 7.05 Å². The topological polar surface area (TPSA) is 91.9 Å². The number of ether oxygens (including phenoxy) is 2. The fourth-order valence-electron chi connectivity index (χ4n) is 1.67. The first kappa shape index (κ1) is 21.6. The predicted molar refractivity (Wildman–Crippen MR) is 89.5 cm³/mol. The maximum Gasteiger partial charge on any atom is 0.407 e. The molecule has 8 heteroatoms. The van der Waals surface area contributed by atoms with Crippen molar-refractivity contribution in [3.8, 4) is 0 Å². The summed E-state index contributed by atoms with van der Waals surface area (Å²) in [6, 6.07) is 0.